The van der Waals surface area contributed by atoms with E-state index in [1.54, 1.807) is 12.1 Å². The highest BCUT2D eigenvalue weighted by molar-refractivity contribution is 5.33. The third kappa shape index (κ3) is 6.20. The van der Waals surface area contributed by atoms with Crippen LogP contribution in [0.25, 0.3) is 0 Å². The fraction of sp³-hybridized carbons (Fsp3) is 0.600. The van der Waals surface area contributed by atoms with Gasteiger partial charge in [0.15, 0.2) is 0 Å². The van der Waals surface area contributed by atoms with Crippen LogP contribution >= 0.6 is 0 Å². The number of aliphatic hydroxyl groups is 1. The van der Waals surface area contributed by atoms with Crippen LogP contribution in [0.3, 0.4) is 0 Å². The molecule has 6 nitrogen and oxygen atoms in total. The van der Waals surface area contributed by atoms with Crippen LogP contribution in [-0.4, -0.2) is 47.7 Å². The molecule has 0 spiro atoms. The molecular weight excluding hydrogens is 270 g/mol. The van der Waals surface area contributed by atoms with Gasteiger partial charge in [0, 0.05) is 31.8 Å². The minimum atomic E-state index is -0.646. The van der Waals surface area contributed by atoms with Crippen LogP contribution in [0.15, 0.2) is 24.3 Å². The summed E-state index contributed by atoms with van der Waals surface area (Å²) < 4.78 is 0. The quantitative estimate of drug-likeness (QED) is 0.392. The van der Waals surface area contributed by atoms with Crippen LogP contribution in [0.5, 0.6) is 0 Å². The number of benzene rings is 1. The van der Waals surface area contributed by atoms with E-state index in [4.69, 9.17) is 0 Å². The Balaban J connectivity index is 2.33. The van der Waals surface area contributed by atoms with Crippen LogP contribution < -0.4 is 5.32 Å². The van der Waals surface area contributed by atoms with Crippen molar-refractivity contribution in [3.05, 3.63) is 39.9 Å². The molecule has 6 heteroatoms. The van der Waals surface area contributed by atoms with Crippen molar-refractivity contribution in [2.24, 2.45) is 0 Å². The first-order valence-electron chi connectivity index (χ1n) is 7.44. The Morgan fingerprint density at radius 2 is 1.95 bits per heavy atom. The summed E-state index contributed by atoms with van der Waals surface area (Å²) in [6.45, 7) is 8.63. The number of non-ortho nitro benzene ring substituents is 1. The van der Waals surface area contributed by atoms with E-state index in [-0.39, 0.29) is 5.69 Å². The molecule has 0 aliphatic heterocycles. The Labute approximate surface area is 125 Å². The molecule has 2 N–H and O–H groups in total. The van der Waals surface area contributed by atoms with Gasteiger partial charge in [-0.25, -0.2) is 0 Å². The van der Waals surface area contributed by atoms with Crippen molar-refractivity contribution in [3.63, 3.8) is 0 Å². The van der Waals surface area contributed by atoms with E-state index in [1.807, 2.05) is 0 Å². The standard InChI is InChI=1S/C15H25N3O3/c1-3-10-17(4-2)11-9-16-12-15(19)13-5-7-14(8-6-13)18(20)21/h5-8,15-16,19H,3-4,9-12H2,1-2H3. The fourth-order valence-corrected chi connectivity index (χ4v) is 2.16. The first-order chi connectivity index (χ1) is 10.1. The number of aliphatic hydroxyl groups excluding tert-OH is 1. The van der Waals surface area contributed by atoms with E-state index in [9.17, 15) is 15.2 Å². The number of nitro benzene ring substituents is 1. The molecule has 0 aliphatic rings. The molecule has 1 unspecified atom stereocenters. The lowest BCUT2D eigenvalue weighted by molar-refractivity contribution is -0.384. The second-order valence-corrected chi connectivity index (χ2v) is 5.00. The zero-order valence-electron chi connectivity index (χ0n) is 12.8. The highest BCUT2D eigenvalue weighted by atomic mass is 16.6. The predicted octanol–water partition coefficient (Wildman–Crippen LogP) is 1.95. The zero-order chi connectivity index (χ0) is 15.7. The lowest BCUT2D eigenvalue weighted by atomic mass is 10.1. The molecule has 0 heterocycles. The smallest absolute Gasteiger partial charge is 0.269 e. The van der Waals surface area contributed by atoms with Crippen molar-refractivity contribution in [3.8, 4) is 0 Å². The SMILES string of the molecule is CCCN(CC)CCNCC(O)c1ccc([N+](=O)[O-])cc1. The minimum absolute atomic E-state index is 0.0389. The van der Waals surface area contributed by atoms with Crippen LogP contribution in [0.4, 0.5) is 5.69 Å². The average molecular weight is 295 g/mol. The summed E-state index contributed by atoms with van der Waals surface area (Å²) in [5.74, 6) is 0. The summed E-state index contributed by atoms with van der Waals surface area (Å²) in [6.07, 6.45) is 0.492. The van der Waals surface area contributed by atoms with E-state index in [2.05, 4.69) is 24.1 Å². The first kappa shape index (κ1) is 17.6. The molecule has 21 heavy (non-hydrogen) atoms. The monoisotopic (exact) mass is 295 g/mol. The van der Waals surface area contributed by atoms with Gasteiger partial charge in [-0.3, -0.25) is 10.1 Å². The molecule has 1 rings (SSSR count). The Morgan fingerprint density at radius 3 is 2.48 bits per heavy atom. The number of rotatable bonds is 10. The van der Waals surface area contributed by atoms with Crippen LogP contribution in [0.2, 0.25) is 0 Å². The average Bonchev–Trinajstić information content (AvgIpc) is 2.50. The predicted molar refractivity (Wildman–Crippen MR) is 83.3 cm³/mol. The minimum Gasteiger partial charge on any atom is -0.387 e. The molecule has 0 saturated carbocycles. The number of hydrogen-bond donors (Lipinski definition) is 2. The lowest BCUT2D eigenvalue weighted by Gasteiger charge is -2.20. The number of hydrogen-bond acceptors (Lipinski definition) is 5. The van der Waals surface area contributed by atoms with Crippen LogP contribution in [0.1, 0.15) is 31.9 Å². The van der Waals surface area contributed by atoms with Crippen molar-refractivity contribution in [1.82, 2.24) is 10.2 Å². The molecule has 118 valence electrons. The number of nitrogens with one attached hydrogen (secondary N) is 1. The van der Waals surface area contributed by atoms with Crippen molar-refractivity contribution in [2.75, 3.05) is 32.7 Å². The van der Waals surface area contributed by atoms with Gasteiger partial charge in [0.1, 0.15) is 0 Å². The van der Waals surface area contributed by atoms with Gasteiger partial charge in [-0.2, -0.15) is 0 Å². The number of nitro groups is 1. The van der Waals surface area contributed by atoms with Crippen molar-refractivity contribution in [1.29, 1.82) is 0 Å². The molecule has 1 aromatic carbocycles. The Bertz CT molecular complexity index is 423. The Hall–Kier alpha value is -1.50. The molecule has 0 radical (unpaired) electrons. The summed E-state index contributed by atoms with van der Waals surface area (Å²) in [5.41, 5.74) is 0.728. The van der Waals surface area contributed by atoms with E-state index in [0.717, 1.165) is 32.6 Å². The zero-order valence-corrected chi connectivity index (χ0v) is 12.8. The lowest BCUT2D eigenvalue weighted by Crippen LogP contribution is -2.34. The van der Waals surface area contributed by atoms with Crippen molar-refractivity contribution < 1.29 is 10.0 Å². The Morgan fingerprint density at radius 1 is 1.29 bits per heavy atom. The van der Waals surface area contributed by atoms with Gasteiger partial charge in [-0.1, -0.05) is 13.8 Å². The largest absolute Gasteiger partial charge is 0.387 e. The first-order valence-corrected chi connectivity index (χ1v) is 7.44. The molecule has 0 fully saturated rings. The van der Waals surface area contributed by atoms with Gasteiger partial charge in [-0.05, 0) is 37.2 Å². The maximum absolute atomic E-state index is 10.6. The molecular formula is C15H25N3O3. The van der Waals surface area contributed by atoms with E-state index in [1.165, 1.54) is 12.1 Å². The molecule has 0 bridgehead atoms. The molecule has 1 atom stereocenters. The van der Waals surface area contributed by atoms with Gasteiger partial charge in [-0.15, -0.1) is 0 Å². The summed E-state index contributed by atoms with van der Waals surface area (Å²) >= 11 is 0. The van der Waals surface area contributed by atoms with Crippen molar-refractivity contribution in [2.45, 2.75) is 26.4 Å². The maximum atomic E-state index is 10.6. The van der Waals surface area contributed by atoms with Gasteiger partial charge in [0.2, 0.25) is 0 Å². The van der Waals surface area contributed by atoms with Gasteiger partial charge < -0.3 is 15.3 Å². The van der Waals surface area contributed by atoms with Crippen molar-refractivity contribution >= 4 is 5.69 Å². The highest BCUT2D eigenvalue weighted by Crippen LogP contribution is 2.17. The second-order valence-electron chi connectivity index (χ2n) is 5.00. The van der Waals surface area contributed by atoms with Crippen LogP contribution in [-0.2, 0) is 0 Å². The van der Waals surface area contributed by atoms with Crippen LogP contribution in [0, 0.1) is 10.1 Å². The highest BCUT2D eigenvalue weighted by Gasteiger charge is 2.10. The second kappa shape index (κ2) is 9.44. The summed E-state index contributed by atoms with van der Waals surface area (Å²) in [6, 6.07) is 6.02. The Kier molecular flexibility index (Phi) is 7.89. The normalized spacial score (nSPS) is 12.6. The number of nitrogens with zero attached hydrogens (tertiary/aromatic N) is 2. The van der Waals surface area contributed by atoms with E-state index >= 15 is 0 Å². The third-order valence-corrected chi connectivity index (χ3v) is 3.42. The van der Waals surface area contributed by atoms with E-state index in [0.29, 0.717) is 12.1 Å². The van der Waals surface area contributed by atoms with Gasteiger partial charge in [0.05, 0.1) is 11.0 Å². The summed E-state index contributed by atoms with van der Waals surface area (Å²) in [7, 11) is 0. The number of likely N-dealkylation sites (N-methyl/N-ethyl adjacent to an activating group) is 1. The molecule has 0 saturated heterocycles. The fourth-order valence-electron chi connectivity index (χ4n) is 2.16. The molecule has 0 amide bonds. The maximum Gasteiger partial charge on any atom is 0.269 e. The van der Waals surface area contributed by atoms with E-state index < -0.39 is 11.0 Å². The molecule has 1 aromatic rings. The molecule has 0 aromatic heterocycles. The summed E-state index contributed by atoms with van der Waals surface area (Å²) in [5, 5.41) is 23.8. The third-order valence-electron chi connectivity index (χ3n) is 3.42. The topological polar surface area (TPSA) is 78.6 Å². The summed E-state index contributed by atoms with van der Waals surface area (Å²) in [4.78, 5) is 12.5. The van der Waals surface area contributed by atoms with Gasteiger partial charge >= 0.3 is 0 Å². The molecule has 0 aliphatic carbocycles. The van der Waals surface area contributed by atoms with Gasteiger partial charge in [0.25, 0.3) is 5.69 Å².